The summed E-state index contributed by atoms with van der Waals surface area (Å²) in [6.07, 6.45) is -18.1. The van der Waals surface area contributed by atoms with Crippen LogP contribution in [-0.4, -0.2) is 53.2 Å². The van der Waals surface area contributed by atoms with Crippen molar-refractivity contribution < 1.29 is 118 Å². The smallest absolute Gasteiger partial charge is 0.293 e. The molecule has 0 saturated heterocycles. The average molecular weight is 819 g/mol. The summed E-state index contributed by atoms with van der Waals surface area (Å²) < 4.78 is 106. The van der Waals surface area contributed by atoms with Gasteiger partial charge in [-0.3, -0.25) is 28.8 Å². The van der Waals surface area contributed by atoms with Gasteiger partial charge in [0.15, 0.2) is 17.3 Å². The minimum Gasteiger partial charge on any atom is -0.293 e. The van der Waals surface area contributed by atoms with Crippen LogP contribution >= 0.6 is 34.0 Å². The van der Waals surface area contributed by atoms with Crippen LogP contribution in [0.3, 0.4) is 0 Å². The third kappa shape index (κ3) is 15.6. The Morgan fingerprint density at radius 3 is 0.814 bits per heavy atom. The van der Waals surface area contributed by atoms with E-state index in [0.29, 0.717) is 0 Å². The van der Waals surface area contributed by atoms with Crippen molar-refractivity contribution in [3.63, 3.8) is 0 Å². The summed E-state index contributed by atoms with van der Waals surface area (Å²) in [5, 5.41) is 4.68. The Hall–Kier alpha value is -1.93. The first kappa shape index (κ1) is 41.1. The van der Waals surface area contributed by atoms with Crippen LogP contribution in [0.1, 0.15) is 48.3 Å². The first-order valence-corrected chi connectivity index (χ1v) is 13.4. The number of hydrogen-bond donors (Lipinski definition) is 0. The van der Waals surface area contributed by atoms with Gasteiger partial charge in [0.25, 0.3) is 0 Å². The molecular formula is C24H15EuF9O6S3. The Morgan fingerprint density at radius 2 is 0.674 bits per heavy atom. The molecule has 3 aromatic heterocycles. The first-order chi connectivity index (χ1) is 19.2. The van der Waals surface area contributed by atoms with Gasteiger partial charge in [0, 0.05) is 49.4 Å². The molecule has 0 amide bonds. The second-order valence-electron chi connectivity index (χ2n) is 7.49. The molecule has 0 aliphatic heterocycles. The maximum absolute atomic E-state index is 11.8. The van der Waals surface area contributed by atoms with E-state index in [1.54, 1.807) is 16.1 Å². The molecule has 0 bridgehead atoms. The Morgan fingerprint density at radius 1 is 0.465 bits per heavy atom. The molecule has 0 spiro atoms. The third-order valence-electron chi connectivity index (χ3n) is 4.30. The summed E-state index contributed by atoms with van der Waals surface area (Å²) in [6.45, 7) is 0. The zero-order valence-electron chi connectivity index (χ0n) is 20.8. The molecule has 0 atom stereocenters. The van der Waals surface area contributed by atoms with E-state index in [0.717, 1.165) is 34.0 Å². The van der Waals surface area contributed by atoms with Gasteiger partial charge in [0.2, 0.25) is 17.3 Å². The van der Waals surface area contributed by atoms with Gasteiger partial charge in [-0.2, -0.15) is 39.5 Å². The Kier molecular flexibility index (Phi) is 17.3. The van der Waals surface area contributed by atoms with Gasteiger partial charge in [-0.1, -0.05) is 18.2 Å². The first-order valence-electron chi connectivity index (χ1n) is 10.7. The minimum absolute atomic E-state index is 0. The van der Waals surface area contributed by atoms with Crippen LogP contribution in [0, 0.1) is 49.4 Å². The number of alkyl halides is 9. The number of rotatable bonds is 9. The van der Waals surface area contributed by atoms with E-state index >= 15 is 0 Å². The molecule has 1 radical (unpaired) electrons. The summed E-state index contributed by atoms with van der Waals surface area (Å²) in [6, 6.07) is 8.77. The van der Waals surface area contributed by atoms with Crippen molar-refractivity contribution in [2.75, 3.05) is 0 Å². The van der Waals surface area contributed by atoms with Crippen LogP contribution in [0.5, 0.6) is 0 Å². The summed E-state index contributed by atoms with van der Waals surface area (Å²) >= 11 is 3.04. The quantitative estimate of drug-likeness (QED) is 0.127. The molecule has 0 N–H and O–H groups in total. The predicted molar refractivity (Wildman–Crippen MR) is 133 cm³/mol. The second kappa shape index (κ2) is 18.1. The number of hydrogen-bond acceptors (Lipinski definition) is 9. The Bertz CT molecular complexity index is 1190. The van der Waals surface area contributed by atoms with Gasteiger partial charge in [0.1, 0.15) is 0 Å². The van der Waals surface area contributed by atoms with Crippen molar-refractivity contribution >= 4 is 68.7 Å². The summed E-state index contributed by atoms with van der Waals surface area (Å²) in [7, 11) is 0. The summed E-state index contributed by atoms with van der Waals surface area (Å²) in [5.74, 6) is -8.38. The van der Waals surface area contributed by atoms with E-state index in [9.17, 15) is 68.3 Å². The molecule has 0 aromatic carbocycles. The van der Waals surface area contributed by atoms with Crippen molar-refractivity contribution in [2.45, 2.75) is 37.8 Å². The van der Waals surface area contributed by atoms with Crippen molar-refractivity contribution in [3.05, 3.63) is 67.2 Å². The zero-order chi connectivity index (χ0) is 32.3. The predicted octanol–water partition coefficient (Wildman–Crippen LogP) is 7.36. The fourth-order valence-corrected chi connectivity index (χ4v) is 4.30. The molecule has 235 valence electrons. The molecule has 0 saturated carbocycles. The van der Waals surface area contributed by atoms with Crippen molar-refractivity contribution in [3.8, 4) is 0 Å². The molecule has 6 nitrogen and oxygen atoms in total. The number of Topliss-reactive ketones (excluding diaryl/α,β-unsaturated/α-hetero) is 6. The fourth-order valence-electron chi connectivity index (χ4n) is 2.31. The Labute approximate surface area is 288 Å². The number of halogens is 9. The second-order valence-corrected chi connectivity index (χ2v) is 10.3. The third-order valence-corrected chi connectivity index (χ3v) is 7.03. The molecule has 3 heterocycles. The number of carbonyl (C=O) groups excluding carboxylic acids is 6. The van der Waals surface area contributed by atoms with E-state index in [1.807, 2.05) is 0 Å². The van der Waals surface area contributed by atoms with E-state index in [1.165, 1.54) is 36.4 Å². The molecule has 3 rings (SSSR count). The van der Waals surface area contributed by atoms with Crippen LogP contribution in [0.15, 0.2) is 52.5 Å². The van der Waals surface area contributed by atoms with Gasteiger partial charge < -0.3 is 0 Å². The number of thiophene rings is 3. The normalized spacial score (nSPS) is 11.1. The summed E-state index contributed by atoms with van der Waals surface area (Å²) in [5.41, 5.74) is 0. The van der Waals surface area contributed by atoms with Crippen LogP contribution in [0.25, 0.3) is 0 Å². The monoisotopic (exact) mass is 819 g/mol. The number of ketones is 6. The zero-order valence-corrected chi connectivity index (χ0v) is 25.6. The van der Waals surface area contributed by atoms with E-state index < -0.39 is 72.5 Å². The molecule has 43 heavy (non-hydrogen) atoms. The van der Waals surface area contributed by atoms with Gasteiger partial charge in [0.05, 0.1) is 33.9 Å². The van der Waals surface area contributed by atoms with Gasteiger partial charge in [-0.25, -0.2) is 0 Å². The average Bonchev–Trinajstić information content (AvgIpc) is 3.66. The maximum atomic E-state index is 11.8. The molecule has 0 unspecified atom stereocenters. The molecule has 3 aromatic rings. The van der Waals surface area contributed by atoms with Crippen molar-refractivity contribution in [1.29, 1.82) is 0 Å². The van der Waals surface area contributed by atoms with Crippen molar-refractivity contribution in [2.24, 2.45) is 0 Å². The standard InChI is InChI=1S/3C8H5F3O2S.Eu/c3*9-8(10,11)7(13)4-5(12)6-2-1-3-14-6;/h3*1-3H,4H2;. The SMILES string of the molecule is O=C(CC(=O)C(F)(F)F)c1cccs1.O=C(CC(=O)C(F)(F)F)c1cccs1.O=C(CC(=O)C(F)(F)F)c1cccs1.[Eu]. The minimum atomic E-state index is -4.92. The van der Waals surface area contributed by atoms with E-state index in [-0.39, 0.29) is 64.0 Å². The molecule has 0 fully saturated rings. The largest absolute Gasteiger partial charge is 0.450 e. The topological polar surface area (TPSA) is 102 Å². The molecular weight excluding hydrogens is 803 g/mol. The fraction of sp³-hybridized carbons (Fsp3) is 0.250. The van der Waals surface area contributed by atoms with Crippen LogP contribution in [0.2, 0.25) is 0 Å². The van der Waals surface area contributed by atoms with Crippen LogP contribution in [-0.2, 0) is 14.4 Å². The number of carbonyl (C=O) groups is 6. The van der Waals surface area contributed by atoms with E-state index in [4.69, 9.17) is 0 Å². The van der Waals surface area contributed by atoms with Crippen molar-refractivity contribution in [1.82, 2.24) is 0 Å². The molecule has 19 heteroatoms. The van der Waals surface area contributed by atoms with Crippen LogP contribution < -0.4 is 0 Å². The van der Waals surface area contributed by atoms with E-state index in [2.05, 4.69) is 0 Å². The van der Waals surface area contributed by atoms with Gasteiger partial charge in [-0.15, -0.1) is 34.0 Å². The molecule has 0 aliphatic carbocycles. The summed E-state index contributed by atoms with van der Waals surface area (Å²) in [4.78, 5) is 65.0. The van der Waals surface area contributed by atoms with Crippen LogP contribution in [0.4, 0.5) is 39.5 Å². The molecule has 0 aliphatic rings. The van der Waals surface area contributed by atoms with Gasteiger partial charge in [-0.05, 0) is 34.3 Å². The maximum Gasteiger partial charge on any atom is 0.450 e. The Balaban J connectivity index is 0.000000608. The van der Waals surface area contributed by atoms with Gasteiger partial charge >= 0.3 is 18.5 Å².